The highest BCUT2D eigenvalue weighted by Gasteiger charge is 2.33. The van der Waals surface area contributed by atoms with E-state index >= 15 is 0 Å². The third-order valence-corrected chi connectivity index (χ3v) is 4.30. The Hall–Kier alpha value is -1.39. The number of allylic oxidation sites excluding steroid dienone is 1. The van der Waals surface area contributed by atoms with Gasteiger partial charge in [-0.25, -0.2) is 4.39 Å². The molecule has 0 spiro atoms. The zero-order chi connectivity index (χ0) is 15.3. The van der Waals surface area contributed by atoms with E-state index in [0.29, 0.717) is 17.9 Å². The number of ether oxygens (including phenoxy) is 1. The van der Waals surface area contributed by atoms with Gasteiger partial charge in [0.15, 0.2) is 0 Å². The van der Waals surface area contributed by atoms with E-state index in [-0.39, 0.29) is 17.8 Å². The fourth-order valence-electron chi connectivity index (χ4n) is 3.15. The molecule has 1 aliphatic rings. The summed E-state index contributed by atoms with van der Waals surface area (Å²) in [4.78, 5) is 2.21. The van der Waals surface area contributed by atoms with E-state index in [9.17, 15) is 9.50 Å². The standard InChI is InChI=1S/C17H24FNO2/c1-3-7-17(13-20)8-4-9-19(12-17)11-14-10-15(21-2)5-6-16(14)18/h3,5-6,10,20H,1,4,7-9,11-13H2,2H3. The Kier molecular flexibility index (Phi) is 5.37. The zero-order valence-electron chi connectivity index (χ0n) is 12.6. The number of nitrogens with zero attached hydrogens (tertiary/aromatic N) is 1. The Balaban J connectivity index is 2.10. The van der Waals surface area contributed by atoms with Gasteiger partial charge in [0.25, 0.3) is 0 Å². The number of aliphatic hydroxyl groups is 1. The Morgan fingerprint density at radius 3 is 3.00 bits per heavy atom. The molecule has 1 aromatic carbocycles. The summed E-state index contributed by atoms with van der Waals surface area (Å²) in [5.41, 5.74) is 0.511. The van der Waals surface area contributed by atoms with Crippen molar-refractivity contribution in [1.29, 1.82) is 0 Å². The van der Waals surface area contributed by atoms with Crippen LogP contribution in [0.4, 0.5) is 4.39 Å². The molecule has 1 fully saturated rings. The van der Waals surface area contributed by atoms with Crippen molar-refractivity contribution >= 4 is 0 Å². The second kappa shape index (κ2) is 7.05. The molecule has 4 heteroatoms. The summed E-state index contributed by atoms with van der Waals surface area (Å²) in [5.74, 6) is 0.461. The first-order chi connectivity index (χ1) is 10.1. The van der Waals surface area contributed by atoms with Crippen LogP contribution in [0.15, 0.2) is 30.9 Å². The van der Waals surface area contributed by atoms with E-state index in [4.69, 9.17) is 4.74 Å². The predicted octanol–water partition coefficient (Wildman–Crippen LogP) is 2.98. The topological polar surface area (TPSA) is 32.7 Å². The molecular formula is C17H24FNO2. The van der Waals surface area contributed by atoms with Crippen molar-refractivity contribution in [3.63, 3.8) is 0 Å². The van der Waals surface area contributed by atoms with Gasteiger partial charge >= 0.3 is 0 Å². The van der Waals surface area contributed by atoms with Crippen molar-refractivity contribution in [3.8, 4) is 5.75 Å². The minimum absolute atomic E-state index is 0.130. The minimum atomic E-state index is -0.209. The molecule has 0 aliphatic carbocycles. The lowest BCUT2D eigenvalue weighted by molar-refractivity contribution is 0.0304. The van der Waals surface area contributed by atoms with Gasteiger partial charge in [-0.2, -0.15) is 0 Å². The van der Waals surface area contributed by atoms with Crippen LogP contribution in [-0.2, 0) is 6.54 Å². The summed E-state index contributed by atoms with van der Waals surface area (Å²) in [6.07, 6.45) is 4.67. The summed E-state index contributed by atoms with van der Waals surface area (Å²) < 4.78 is 19.1. The van der Waals surface area contributed by atoms with Gasteiger partial charge in [-0.3, -0.25) is 4.90 Å². The van der Waals surface area contributed by atoms with E-state index in [1.54, 1.807) is 19.2 Å². The van der Waals surface area contributed by atoms with Gasteiger partial charge in [-0.05, 0) is 44.0 Å². The van der Waals surface area contributed by atoms with Gasteiger partial charge in [-0.15, -0.1) is 6.58 Å². The van der Waals surface area contributed by atoms with Gasteiger partial charge in [0.2, 0.25) is 0 Å². The molecule has 0 radical (unpaired) electrons. The van der Waals surface area contributed by atoms with Gasteiger partial charge in [-0.1, -0.05) is 6.08 Å². The number of hydrogen-bond acceptors (Lipinski definition) is 3. The first kappa shape index (κ1) is 16.0. The molecular weight excluding hydrogens is 269 g/mol. The molecule has 1 N–H and O–H groups in total. The number of benzene rings is 1. The maximum Gasteiger partial charge on any atom is 0.127 e. The van der Waals surface area contributed by atoms with E-state index < -0.39 is 0 Å². The van der Waals surface area contributed by atoms with Crippen molar-refractivity contribution in [2.75, 3.05) is 26.8 Å². The van der Waals surface area contributed by atoms with Crippen molar-refractivity contribution in [1.82, 2.24) is 4.90 Å². The van der Waals surface area contributed by atoms with Crippen molar-refractivity contribution in [2.45, 2.75) is 25.8 Å². The van der Waals surface area contributed by atoms with E-state index in [2.05, 4.69) is 11.5 Å². The number of piperidine rings is 1. The van der Waals surface area contributed by atoms with Crippen molar-refractivity contribution in [3.05, 3.63) is 42.2 Å². The largest absolute Gasteiger partial charge is 0.497 e. The number of likely N-dealkylation sites (tertiary alicyclic amines) is 1. The van der Waals surface area contributed by atoms with Crippen LogP contribution in [0.3, 0.4) is 0 Å². The first-order valence-corrected chi connectivity index (χ1v) is 7.39. The molecule has 21 heavy (non-hydrogen) atoms. The molecule has 1 atom stereocenters. The second-order valence-corrected chi connectivity index (χ2v) is 5.92. The highest BCUT2D eigenvalue weighted by molar-refractivity contribution is 5.29. The lowest BCUT2D eigenvalue weighted by Crippen LogP contribution is -2.44. The molecule has 1 aromatic rings. The highest BCUT2D eigenvalue weighted by Crippen LogP contribution is 2.34. The van der Waals surface area contributed by atoms with E-state index in [1.807, 2.05) is 6.08 Å². The molecule has 2 rings (SSSR count). The van der Waals surface area contributed by atoms with Crippen LogP contribution in [0.25, 0.3) is 0 Å². The molecule has 3 nitrogen and oxygen atoms in total. The van der Waals surface area contributed by atoms with E-state index in [0.717, 1.165) is 32.4 Å². The molecule has 1 saturated heterocycles. The smallest absolute Gasteiger partial charge is 0.127 e. The molecule has 0 saturated carbocycles. The lowest BCUT2D eigenvalue weighted by atomic mass is 9.77. The molecule has 0 aromatic heterocycles. The van der Waals surface area contributed by atoms with Crippen LogP contribution in [0.2, 0.25) is 0 Å². The first-order valence-electron chi connectivity index (χ1n) is 7.39. The third kappa shape index (κ3) is 3.83. The zero-order valence-corrected chi connectivity index (χ0v) is 12.6. The summed E-state index contributed by atoms with van der Waals surface area (Å²) >= 11 is 0. The van der Waals surface area contributed by atoms with Crippen LogP contribution in [0.5, 0.6) is 5.75 Å². The van der Waals surface area contributed by atoms with Crippen LogP contribution in [-0.4, -0.2) is 36.8 Å². The van der Waals surface area contributed by atoms with Gasteiger partial charge in [0.1, 0.15) is 11.6 Å². The Morgan fingerprint density at radius 2 is 2.33 bits per heavy atom. The van der Waals surface area contributed by atoms with Crippen LogP contribution in [0.1, 0.15) is 24.8 Å². The number of rotatable bonds is 6. The van der Waals surface area contributed by atoms with Crippen LogP contribution in [0, 0.1) is 11.2 Å². The summed E-state index contributed by atoms with van der Waals surface area (Å²) in [6.45, 7) is 6.18. The fourth-order valence-corrected chi connectivity index (χ4v) is 3.15. The SMILES string of the molecule is C=CCC1(CO)CCCN(Cc2cc(OC)ccc2F)C1. The quantitative estimate of drug-likeness (QED) is 0.819. The molecule has 1 unspecified atom stereocenters. The Bertz CT molecular complexity index is 492. The fraction of sp³-hybridized carbons (Fsp3) is 0.529. The van der Waals surface area contributed by atoms with E-state index in [1.165, 1.54) is 6.07 Å². The van der Waals surface area contributed by atoms with Crippen molar-refractivity contribution < 1.29 is 14.2 Å². The summed E-state index contributed by atoms with van der Waals surface area (Å²) in [7, 11) is 1.58. The maximum atomic E-state index is 13.9. The molecule has 0 amide bonds. The minimum Gasteiger partial charge on any atom is -0.497 e. The number of aliphatic hydroxyl groups excluding tert-OH is 1. The summed E-state index contributed by atoms with van der Waals surface area (Å²) in [6, 6.07) is 4.82. The highest BCUT2D eigenvalue weighted by atomic mass is 19.1. The predicted molar refractivity (Wildman–Crippen MR) is 81.8 cm³/mol. The van der Waals surface area contributed by atoms with Crippen LogP contribution >= 0.6 is 0 Å². The summed E-state index contributed by atoms with van der Waals surface area (Å²) in [5, 5.41) is 9.72. The maximum absolute atomic E-state index is 13.9. The van der Waals surface area contributed by atoms with Gasteiger partial charge in [0, 0.05) is 24.1 Å². The normalized spacial score (nSPS) is 23.0. The molecule has 1 aliphatic heterocycles. The number of halogens is 1. The molecule has 1 heterocycles. The Morgan fingerprint density at radius 1 is 1.52 bits per heavy atom. The average Bonchev–Trinajstić information content (AvgIpc) is 2.50. The molecule has 116 valence electrons. The van der Waals surface area contributed by atoms with Crippen LogP contribution < -0.4 is 4.74 Å². The molecule has 0 bridgehead atoms. The Labute approximate surface area is 126 Å². The number of hydrogen-bond donors (Lipinski definition) is 1. The average molecular weight is 293 g/mol. The lowest BCUT2D eigenvalue weighted by Gasteiger charge is -2.41. The van der Waals surface area contributed by atoms with Gasteiger partial charge < -0.3 is 9.84 Å². The van der Waals surface area contributed by atoms with Crippen molar-refractivity contribution in [2.24, 2.45) is 5.41 Å². The number of methoxy groups -OCH3 is 1. The van der Waals surface area contributed by atoms with Gasteiger partial charge in [0.05, 0.1) is 13.7 Å². The third-order valence-electron chi connectivity index (χ3n) is 4.30. The second-order valence-electron chi connectivity index (χ2n) is 5.92. The monoisotopic (exact) mass is 293 g/mol.